The first kappa shape index (κ1) is 22.4. The average Bonchev–Trinajstić information content (AvgIpc) is 2.69. The summed E-state index contributed by atoms with van der Waals surface area (Å²) in [6.07, 6.45) is 2.01. The molecule has 0 radical (unpaired) electrons. The smallest absolute Gasteiger partial charge is 0.251 e. The topological polar surface area (TPSA) is 86.8 Å². The maximum absolute atomic E-state index is 13.1. The summed E-state index contributed by atoms with van der Waals surface area (Å²) < 4.78 is 22.7. The Morgan fingerprint density at radius 2 is 1.71 bits per heavy atom. The number of amides is 2. The van der Waals surface area contributed by atoms with Gasteiger partial charge < -0.3 is 10.2 Å². The van der Waals surface area contributed by atoms with Gasteiger partial charge in [-0.1, -0.05) is 38.5 Å². The highest BCUT2D eigenvalue weighted by Crippen LogP contribution is 2.14. The number of nitrogens with one attached hydrogen (secondary N) is 1. The zero-order valence-electron chi connectivity index (χ0n) is 16.9. The molecule has 2 atom stereocenters. The molecule has 0 bridgehead atoms. The molecule has 0 spiro atoms. The molecule has 2 unspecified atom stereocenters. The normalized spacial score (nSPS) is 17.8. The van der Waals surface area contributed by atoms with Gasteiger partial charge in [-0.15, -0.1) is 0 Å². The molecule has 2 rings (SSSR count). The van der Waals surface area contributed by atoms with Crippen LogP contribution in [-0.2, 0) is 14.6 Å². The lowest BCUT2D eigenvalue weighted by Crippen LogP contribution is -2.57. The van der Waals surface area contributed by atoms with E-state index < -0.39 is 15.9 Å². The van der Waals surface area contributed by atoms with Gasteiger partial charge in [0.15, 0.2) is 0 Å². The quantitative estimate of drug-likeness (QED) is 0.693. The molecule has 1 aliphatic heterocycles. The Labute approximate surface area is 168 Å². The molecule has 156 valence electrons. The van der Waals surface area contributed by atoms with Crippen molar-refractivity contribution in [3.8, 4) is 0 Å². The van der Waals surface area contributed by atoms with Crippen LogP contribution in [0.4, 0.5) is 0 Å². The van der Waals surface area contributed by atoms with Crippen molar-refractivity contribution in [3.63, 3.8) is 0 Å². The third-order valence-electron chi connectivity index (χ3n) is 5.26. The van der Waals surface area contributed by atoms with Crippen molar-refractivity contribution >= 4 is 21.7 Å². The largest absolute Gasteiger partial charge is 0.340 e. The van der Waals surface area contributed by atoms with Crippen molar-refractivity contribution in [2.75, 3.05) is 44.7 Å². The van der Waals surface area contributed by atoms with Gasteiger partial charge in [-0.2, -0.15) is 0 Å². The van der Waals surface area contributed by atoms with Gasteiger partial charge in [-0.3, -0.25) is 14.5 Å². The molecule has 8 heteroatoms. The van der Waals surface area contributed by atoms with Crippen molar-refractivity contribution in [3.05, 3.63) is 35.9 Å². The first-order chi connectivity index (χ1) is 13.2. The van der Waals surface area contributed by atoms with E-state index in [0.717, 1.165) is 6.42 Å². The van der Waals surface area contributed by atoms with E-state index in [4.69, 9.17) is 0 Å². The number of rotatable bonds is 8. The van der Waals surface area contributed by atoms with Crippen molar-refractivity contribution < 1.29 is 18.0 Å². The lowest BCUT2D eigenvalue weighted by molar-refractivity contribution is -0.136. The molecule has 1 N–H and O–H groups in total. The molecular weight excluding hydrogens is 378 g/mol. The lowest BCUT2D eigenvalue weighted by atomic mass is 9.97. The number of piperazine rings is 1. The van der Waals surface area contributed by atoms with E-state index in [0.29, 0.717) is 38.3 Å². The number of sulfone groups is 1. The van der Waals surface area contributed by atoms with Crippen LogP contribution in [0.3, 0.4) is 0 Å². The van der Waals surface area contributed by atoms with E-state index in [9.17, 15) is 18.0 Å². The number of hydrogen-bond acceptors (Lipinski definition) is 5. The van der Waals surface area contributed by atoms with E-state index in [1.54, 1.807) is 29.2 Å². The van der Waals surface area contributed by atoms with Gasteiger partial charge in [-0.05, 0) is 18.1 Å². The maximum atomic E-state index is 13.1. The highest BCUT2D eigenvalue weighted by molar-refractivity contribution is 7.90. The van der Waals surface area contributed by atoms with Gasteiger partial charge in [0.05, 0.1) is 5.75 Å². The van der Waals surface area contributed by atoms with Crippen molar-refractivity contribution in [2.45, 2.75) is 26.3 Å². The van der Waals surface area contributed by atoms with Crippen LogP contribution >= 0.6 is 0 Å². The summed E-state index contributed by atoms with van der Waals surface area (Å²) in [5, 5.41) is 2.91. The van der Waals surface area contributed by atoms with Gasteiger partial charge >= 0.3 is 0 Å². The second-order valence-corrected chi connectivity index (χ2v) is 9.76. The minimum atomic E-state index is -2.99. The first-order valence-corrected chi connectivity index (χ1v) is 11.8. The zero-order valence-corrected chi connectivity index (χ0v) is 17.7. The van der Waals surface area contributed by atoms with Crippen LogP contribution in [0.5, 0.6) is 0 Å². The monoisotopic (exact) mass is 409 g/mol. The first-order valence-electron chi connectivity index (χ1n) is 9.76. The highest BCUT2D eigenvalue weighted by atomic mass is 32.2. The molecule has 0 aliphatic carbocycles. The number of carbonyl (C=O) groups excluding carboxylic acids is 2. The van der Waals surface area contributed by atoms with Crippen LogP contribution in [0.2, 0.25) is 0 Å². The predicted octanol–water partition coefficient (Wildman–Crippen LogP) is 1.02. The molecule has 7 nitrogen and oxygen atoms in total. The Morgan fingerprint density at radius 1 is 1.11 bits per heavy atom. The van der Waals surface area contributed by atoms with Crippen LogP contribution in [0.25, 0.3) is 0 Å². The van der Waals surface area contributed by atoms with Gasteiger partial charge in [0.1, 0.15) is 15.9 Å². The van der Waals surface area contributed by atoms with Crippen LogP contribution in [0.1, 0.15) is 30.6 Å². The highest BCUT2D eigenvalue weighted by Gasteiger charge is 2.32. The summed E-state index contributed by atoms with van der Waals surface area (Å²) >= 11 is 0. The van der Waals surface area contributed by atoms with E-state index in [-0.39, 0.29) is 23.5 Å². The zero-order chi connectivity index (χ0) is 20.7. The molecule has 0 saturated carbocycles. The Hall–Kier alpha value is -1.93. The van der Waals surface area contributed by atoms with Crippen LogP contribution < -0.4 is 5.32 Å². The van der Waals surface area contributed by atoms with Gasteiger partial charge in [0, 0.05) is 44.5 Å². The minimum Gasteiger partial charge on any atom is -0.340 e. The van der Waals surface area contributed by atoms with Gasteiger partial charge in [0.2, 0.25) is 5.91 Å². The summed E-state index contributed by atoms with van der Waals surface area (Å²) in [6, 6.07) is 8.33. The molecule has 1 aromatic carbocycles. The third kappa shape index (κ3) is 6.60. The SMILES string of the molecule is CCC(C)C(NC(=O)c1ccccc1)C(=O)N1CCN(CCS(C)(=O)=O)CC1. The third-order valence-corrected chi connectivity index (χ3v) is 6.19. The van der Waals surface area contributed by atoms with Crippen molar-refractivity contribution in [1.29, 1.82) is 0 Å². The fourth-order valence-electron chi connectivity index (χ4n) is 3.18. The van der Waals surface area contributed by atoms with Crippen LogP contribution in [0, 0.1) is 5.92 Å². The van der Waals surface area contributed by atoms with Crippen LogP contribution in [0.15, 0.2) is 30.3 Å². The maximum Gasteiger partial charge on any atom is 0.251 e. The summed E-state index contributed by atoms with van der Waals surface area (Å²) in [7, 11) is -2.99. The van der Waals surface area contributed by atoms with Crippen molar-refractivity contribution in [2.24, 2.45) is 5.92 Å². The van der Waals surface area contributed by atoms with E-state index >= 15 is 0 Å². The van der Waals surface area contributed by atoms with E-state index in [1.165, 1.54) is 6.26 Å². The molecule has 1 aromatic rings. The Kier molecular flexibility index (Phi) is 8.00. The summed E-state index contributed by atoms with van der Waals surface area (Å²) in [4.78, 5) is 29.5. The lowest BCUT2D eigenvalue weighted by Gasteiger charge is -2.37. The fraction of sp³-hybridized carbons (Fsp3) is 0.600. The molecule has 1 heterocycles. The van der Waals surface area contributed by atoms with E-state index in [1.807, 2.05) is 19.9 Å². The predicted molar refractivity (Wildman–Crippen MR) is 110 cm³/mol. The fourth-order valence-corrected chi connectivity index (χ4v) is 3.77. The molecular formula is C20H31N3O4S. The molecule has 0 aromatic heterocycles. The summed E-state index contributed by atoms with van der Waals surface area (Å²) in [6.45, 7) is 6.81. The molecule has 28 heavy (non-hydrogen) atoms. The Bertz CT molecular complexity index is 759. The Morgan fingerprint density at radius 3 is 2.25 bits per heavy atom. The molecule has 1 aliphatic rings. The minimum absolute atomic E-state index is 0.0171. The molecule has 1 fully saturated rings. The standard InChI is InChI=1S/C20H31N3O4S/c1-4-16(2)18(21-19(24)17-8-6-5-7-9-17)20(25)23-12-10-22(11-13-23)14-15-28(3,26)27/h5-9,16,18H,4,10-15H2,1-3H3,(H,21,24). The molecule has 1 saturated heterocycles. The van der Waals surface area contributed by atoms with E-state index in [2.05, 4.69) is 10.2 Å². The number of nitrogens with zero attached hydrogens (tertiary/aromatic N) is 2. The van der Waals surface area contributed by atoms with Crippen molar-refractivity contribution in [1.82, 2.24) is 15.1 Å². The summed E-state index contributed by atoms with van der Waals surface area (Å²) in [5.74, 6) is -0.167. The second-order valence-electron chi connectivity index (χ2n) is 7.50. The number of carbonyl (C=O) groups is 2. The van der Waals surface area contributed by atoms with Gasteiger partial charge in [-0.25, -0.2) is 8.42 Å². The number of benzene rings is 1. The second kappa shape index (κ2) is 10.0. The number of hydrogen-bond donors (Lipinski definition) is 1. The molecule has 2 amide bonds. The van der Waals surface area contributed by atoms with Crippen LogP contribution in [-0.4, -0.2) is 80.8 Å². The average molecular weight is 410 g/mol. The summed E-state index contributed by atoms with van der Waals surface area (Å²) in [5.41, 5.74) is 0.536. The van der Waals surface area contributed by atoms with Gasteiger partial charge in [0.25, 0.3) is 5.91 Å². The Balaban J connectivity index is 1.97.